The summed E-state index contributed by atoms with van der Waals surface area (Å²) in [5.74, 6) is -1.14. The maximum Gasteiger partial charge on any atom is 0.338 e. The van der Waals surface area contributed by atoms with Crippen LogP contribution < -0.4 is 10.6 Å². The van der Waals surface area contributed by atoms with E-state index in [0.717, 1.165) is 0 Å². The van der Waals surface area contributed by atoms with Crippen LogP contribution in [-0.4, -0.2) is 41.6 Å². The highest BCUT2D eigenvalue weighted by atomic mass is 35.5. The second-order valence-electron chi connectivity index (χ2n) is 5.96. The molecule has 1 fully saturated rings. The quantitative estimate of drug-likeness (QED) is 0.544. The fraction of sp³-hybridized carbons (Fsp3) is 0.667. The minimum Gasteiger partial charge on any atom is -0.463 e. The Balaban J connectivity index is 2.17. The number of esters is 2. The summed E-state index contributed by atoms with van der Waals surface area (Å²) in [5.41, 5.74) is -0.533. The van der Waals surface area contributed by atoms with Gasteiger partial charge in [-0.05, 0) is 20.3 Å². The van der Waals surface area contributed by atoms with Crippen LogP contribution in [0.1, 0.15) is 33.6 Å². The molecule has 134 valence electrons. The Morgan fingerprint density at radius 3 is 2.42 bits per heavy atom. The van der Waals surface area contributed by atoms with Crippen LogP contribution in [0.3, 0.4) is 0 Å². The molecular formula is C15H20Cl2N2O5. The lowest BCUT2D eigenvalue weighted by atomic mass is 10.0. The molecule has 2 aliphatic rings. The number of alkyl halides is 2. The van der Waals surface area contributed by atoms with Crippen LogP contribution in [-0.2, 0) is 19.1 Å². The van der Waals surface area contributed by atoms with E-state index in [2.05, 4.69) is 10.6 Å². The maximum absolute atomic E-state index is 12.2. The molecule has 7 nitrogen and oxygen atoms in total. The summed E-state index contributed by atoms with van der Waals surface area (Å²) in [7, 11) is 0. The number of hydrogen-bond acceptors (Lipinski definition) is 5. The van der Waals surface area contributed by atoms with Crippen LogP contribution in [0.15, 0.2) is 11.3 Å². The van der Waals surface area contributed by atoms with Gasteiger partial charge in [-0.25, -0.2) is 9.59 Å². The Bertz CT molecular complexity index is 605. The molecule has 2 amide bonds. The molecular weight excluding hydrogens is 359 g/mol. The first-order chi connectivity index (χ1) is 11.2. The van der Waals surface area contributed by atoms with Crippen LogP contribution in [0.25, 0.3) is 0 Å². The zero-order valence-electron chi connectivity index (χ0n) is 13.7. The van der Waals surface area contributed by atoms with Crippen LogP contribution in [0, 0.1) is 5.41 Å². The smallest absolute Gasteiger partial charge is 0.338 e. The SMILES string of the molecule is CCOC(=O)C1=C(COC(=O)[C@@]2(C)CC2(Cl)Cl)NC(=O)N[C@@H]1CC. The van der Waals surface area contributed by atoms with Gasteiger partial charge in [-0.2, -0.15) is 0 Å². The molecule has 1 aliphatic heterocycles. The number of ether oxygens (including phenoxy) is 2. The van der Waals surface area contributed by atoms with Gasteiger partial charge in [0.1, 0.15) is 16.4 Å². The second kappa shape index (κ2) is 6.80. The molecule has 0 spiro atoms. The summed E-state index contributed by atoms with van der Waals surface area (Å²) in [5, 5.41) is 5.14. The summed E-state index contributed by atoms with van der Waals surface area (Å²) < 4.78 is 9.11. The number of urea groups is 1. The van der Waals surface area contributed by atoms with Gasteiger partial charge >= 0.3 is 18.0 Å². The number of hydrogen-bond donors (Lipinski definition) is 2. The van der Waals surface area contributed by atoms with E-state index < -0.39 is 33.8 Å². The van der Waals surface area contributed by atoms with Crippen molar-refractivity contribution in [3.8, 4) is 0 Å². The average Bonchev–Trinajstić information content (AvgIpc) is 3.03. The summed E-state index contributed by atoms with van der Waals surface area (Å²) in [6.45, 7) is 5.03. The summed E-state index contributed by atoms with van der Waals surface area (Å²) in [4.78, 5) is 36.1. The number of carbonyl (C=O) groups is 3. The largest absolute Gasteiger partial charge is 0.463 e. The maximum atomic E-state index is 12.2. The second-order valence-corrected chi connectivity index (χ2v) is 7.45. The minimum atomic E-state index is -1.15. The molecule has 24 heavy (non-hydrogen) atoms. The zero-order chi connectivity index (χ0) is 18.1. The Labute approximate surface area is 150 Å². The number of rotatable bonds is 6. The highest BCUT2D eigenvalue weighted by molar-refractivity contribution is 6.53. The summed E-state index contributed by atoms with van der Waals surface area (Å²) >= 11 is 11.9. The van der Waals surface area contributed by atoms with Gasteiger partial charge in [-0.1, -0.05) is 6.92 Å². The number of halogens is 2. The van der Waals surface area contributed by atoms with E-state index in [0.29, 0.717) is 6.42 Å². The molecule has 2 atom stereocenters. The first-order valence-corrected chi connectivity index (χ1v) is 8.44. The summed E-state index contributed by atoms with van der Waals surface area (Å²) in [6, 6.07) is -0.981. The highest BCUT2D eigenvalue weighted by Crippen LogP contribution is 2.64. The zero-order valence-corrected chi connectivity index (χ0v) is 15.2. The molecule has 0 saturated heterocycles. The molecule has 0 unspecified atom stereocenters. The highest BCUT2D eigenvalue weighted by Gasteiger charge is 2.69. The normalized spacial score (nSPS) is 27.9. The van der Waals surface area contributed by atoms with E-state index in [1.807, 2.05) is 6.92 Å². The van der Waals surface area contributed by atoms with Crippen LogP contribution >= 0.6 is 23.2 Å². The summed E-state index contributed by atoms with van der Waals surface area (Å²) in [6.07, 6.45) is 0.778. The predicted octanol–water partition coefficient (Wildman–Crippen LogP) is 2.02. The van der Waals surface area contributed by atoms with E-state index in [4.69, 9.17) is 32.7 Å². The number of carbonyl (C=O) groups excluding carboxylic acids is 3. The van der Waals surface area contributed by atoms with Gasteiger partial charge in [0.05, 0.1) is 23.9 Å². The predicted molar refractivity (Wildman–Crippen MR) is 87.5 cm³/mol. The molecule has 0 aromatic heterocycles. The lowest BCUT2D eigenvalue weighted by molar-refractivity contribution is -0.149. The fourth-order valence-corrected chi connectivity index (χ4v) is 3.18. The van der Waals surface area contributed by atoms with Gasteiger partial charge < -0.3 is 20.1 Å². The monoisotopic (exact) mass is 378 g/mol. The Morgan fingerprint density at radius 2 is 1.92 bits per heavy atom. The minimum absolute atomic E-state index is 0.193. The topological polar surface area (TPSA) is 93.7 Å². The van der Waals surface area contributed by atoms with Crippen molar-refractivity contribution in [1.82, 2.24) is 10.6 Å². The lowest BCUT2D eigenvalue weighted by Gasteiger charge is -2.28. The first kappa shape index (κ1) is 18.9. The van der Waals surface area contributed by atoms with Crippen molar-refractivity contribution in [2.24, 2.45) is 5.41 Å². The molecule has 0 radical (unpaired) electrons. The van der Waals surface area contributed by atoms with E-state index in [1.54, 1.807) is 13.8 Å². The van der Waals surface area contributed by atoms with Crippen molar-refractivity contribution in [2.75, 3.05) is 13.2 Å². The Morgan fingerprint density at radius 1 is 1.29 bits per heavy atom. The molecule has 0 bridgehead atoms. The van der Waals surface area contributed by atoms with E-state index >= 15 is 0 Å². The van der Waals surface area contributed by atoms with Gasteiger partial charge in [0, 0.05) is 6.42 Å². The molecule has 1 heterocycles. The van der Waals surface area contributed by atoms with Gasteiger partial charge in [0.2, 0.25) is 0 Å². The van der Waals surface area contributed by atoms with E-state index in [1.165, 1.54) is 0 Å². The van der Waals surface area contributed by atoms with Crippen molar-refractivity contribution in [2.45, 2.75) is 44.0 Å². The third kappa shape index (κ3) is 3.47. The van der Waals surface area contributed by atoms with Gasteiger partial charge in [0.15, 0.2) is 0 Å². The van der Waals surface area contributed by atoms with Crippen LogP contribution in [0.2, 0.25) is 0 Å². The Kier molecular flexibility index (Phi) is 5.34. The average molecular weight is 379 g/mol. The van der Waals surface area contributed by atoms with Gasteiger partial charge in [-0.15, -0.1) is 23.2 Å². The van der Waals surface area contributed by atoms with E-state index in [9.17, 15) is 14.4 Å². The van der Waals surface area contributed by atoms with E-state index in [-0.39, 0.29) is 30.9 Å². The molecule has 0 aromatic rings. The van der Waals surface area contributed by atoms with Crippen molar-refractivity contribution in [3.63, 3.8) is 0 Å². The molecule has 0 aromatic carbocycles. The number of nitrogens with one attached hydrogen (secondary N) is 2. The van der Waals surface area contributed by atoms with Crippen molar-refractivity contribution < 1.29 is 23.9 Å². The third-order valence-corrected chi connectivity index (χ3v) is 5.30. The van der Waals surface area contributed by atoms with Crippen molar-refractivity contribution in [3.05, 3.63) is 11.3 Å². The third-order valence-electron chi connectivity index (χ3n) is 4.20. The van der Waals surface area contributed by atoms with Gasteiger partial charge in [0.25, 0.3) is 0 Å². The van der Waals surface area contributed by atoms with Crippen molar-refractivity contribution >= 4 is 41.2 Å². The van der Waals surface area contributed by atoms with Crippen LogP contribution in [0.4, 0.5) is 4.79 Å². The standard InChI is InChI=1S/C15H20Cl2N2O5/c1-4-8-10(11(20)23-5-2)9(19-13(22)18-8)6-24-12(21)14(3)7-15(14,16)17/h8H,4-7H2,1-3H3,(H2,18,19,22)/t8-,14-/m1/s1. The molecule has 9 heteroatoms. The first-order valence-electron chi connectivity index (χ1n) is 7.69. The lowest BCUT2D eigenvalue weighted by Crippen LogP contribution is -2.51. The number of amides is 2. The molecule has 1 aliphatic carbocycles. The fourth-order valence-electron chi connectivity index (χ4n) is 2.49. The van der Waals surface area contributed by atoms with Crippen molar-refractivity contribution in [1.29, 1.82) is 0 Å². The Hall–Kier alpha value is -1.47. The van der Waals surface area contributed by atoms with Crippen LogP contribution in [0.5, 0.6) is 0 Å². The molecule has 1 saturated carbocycles. The van der Waals surface area contributed by atoms with Gasteiger partial charge in [-0.3, -0.25) is 4.79 Å². The molecule has 2 rings (SSSR count). The molecule has 2 N–H and O–H groups in total.